The van der Waals surface area contributed by atoms with Gasteiger partial charge in [0, 0.05) is 11.1 Å². The summed E-state index contributed by atoms with van der Waals surface area (Å²) in [6.45, 7) is 4.16. The van der Waals surface area contributed by atoms with Crippen LogP contribution in [0.1, 0.15) is 18.2 Å². The van der Waals surface area contributed by atoms with Crippen LogP contribution in [0, 0.1) is 13.0 Å². The molecule has 65 valence electrons. The Morgan fingerprint density at radius 1 is 1.31 bits per heavy atom. The smallest absolute Gasteiger partial charge is 0.0708 e. The van der Waals surface area contributed by atoms with Crippen molar-refractivity contribution in [2.24, 2.45) is 0 Å². The number of hydrogen-bond acceptors (Lipinski definition) is 1. The van der Waals surface area contributed by atoms with Gasteiger partial charge in [0.05, 0.1) is 5.52 Å². The molecule has 0 fully saturated rings. The lowest BCUT2D eigenvalue weighted by atomic mass is 10.1. The Kier molecular flexibility index (Phi) is 2.01. The summed E-state index contributed by atoms with van der Waals surface area (Å²) in [6, 6.07) is 11.4. The Labute approximate surface area is 78.4 Å². The number of pyridine rings is 1. The average molecular weight is 170 g/mol. The van der Waals surface area contributed by atoms with Gasteiger partial charge in [0.25, 0.3) is 0 Å². The molecule has 13 heavy (non-hydrogen) atoms. The van der Waals surface area contributed by atoms with E-state index in [0.717, 1.165) is 17.6 Å². The average Bonchev–Trinajstić information content (AvgIpc) is 2.16. The zero-order valence-corrected chi connectivity index (χ0v) is 7.96. The van der Waals surface area contributed by atoms with Gasteiger partial charge in [-0.15, -0.1) is 0 Å². The van der Waals surface area contributed by atoms with E-state index in [1.165, 1.54) is 10.9 Å². The molecular formula is C12H12N. The molecule has 0 saturated carbocycles. The summed E-state index contributed by atoms with van der Waals surface area (Å²) < 4.78 is 0. The fraction of sp³-hybridized carbons (Fsp3) is 0.250. The van der Waals surface area contributed by atoms with E-state index in [9.17, 15) is 0 Å². The molecule has 2 aromatic rings. The Hall–Kier alpha value is -1.37. The number of aromatic nitrogens is 1. The lowest BCUT2D eigenvalue weighted by Crippen LogP contribution is -1.87. The van der Waals surface area contributed by atoms with E-state index >= 15 is 0 Å². The minimum absolute atomic E-state index is 1.02. The van der Waals surface area contributed by atoms with E-state index < -0.39 is 0 Å². The van der Waals surface area contributed by atoms with Crippen LogP contribution in [0.25, 0.3) is 10.9 Å². The highest BCUT2D eigenvalue weighted by atomic mass is 14.7. The van der Waals surface area contributed by atoms with Crippen LogP contribution < -0.4 is 0 Å². The lowest BCUT2D eigenvalue weighted by molar-refractivity contribution is 1.15. The first-order valence-electron chi connectivity index (χ1n) is 4.58. The predicted molar refractivity (Wildman–Crippen MR) is 54.7 cm³/mol. The maximum Gasteiger partial charge on any atom is 0.0708 e. The van der Waals surface area contributed by atoms with Gasteiger partial charge in [0.1, 0.15) is 0 Å². The molecule has 0 amide bonds. The first kappa shape index (κ1) is 8.24. The summed E-state index contributed by atoms with van der Waals surface area (Å²) in [6.07, 6.45) is 1.02. The minimum atomic E-state index is 1.02. The molecule has 0 spiro atoms. The molecule has 0 unspecified atom stereocenters. The third kappa shape index (κ3) is 1.42. The first-order chi connectivity index (χ1) is 6.31. The first-order valence-corrected chi connectivity index (χ1v) is 4.58. The SMILES string of the molecule is CCc1[c]ccc2nc(C)ccc12. The molecule has 0 aliphatic rings. The van der Waals surface area contributed by atoms with Crippen LogP contribution in [0.15, 0.2) is 24.3 Å². The molecule has 0 atom stereocenters. The number of hydrogen-bond donors (Lipinski definition) is 0. The van der Waals surface area contributed by atoms with Gasteiger partial charge < -0.3 is 0 Å². The second-order valence-electron chi connectivity index (χ2n) is 3.20. The number of nitrogens with zero attached hydrogens (tertiary/aromatic N) is 1. The van der Waals surface area contributed by atoms with E-state index in [2.05, 4.69) is 30.1 Å². The van der Waals surface area contributed by atoms with Crippen molar-refractivity contribution in [1.29, 1.82) is 0 Å². The molecular weight excluding hydrogens is 158 g/mol. The third-order valence-corrected chi connectivity index (χ3v) is 2.24. The molecule has 1 heterocycles. The molecule has 2 rings (SSSR count). The number of rotatable bonds is 1. The summed E-state index contributed by atoms with van der Waals surface area (Å²) in [4.78, 5) is 4.46. The second-order valence-corrected chi connectivity index (χ2v) is 3.20. The summed E-state index contributed by atoms with van der Waals surface area (Å²) in [5.74, 6) is 0. The van der Waals surface area contributed by atoms with E-state index in [1.54, 1.807) is 0 Å². The van der Waals surface area contributed by atoms with Gasteiger partial charge in [0.2, 0.25) is 0 Å². The molecule has 1 radical (unpaired) electrons. The summed E-state index contributed by atoms with van der Waals surface area (Å²) in [5, 5.41) is 1.23. The fourth-order valence-corrected chi connectivity index (χ4v) is 1.55. The number of benzene rings is 1. The largest absolute Gasteiger partial charge is 0.253 e. The van der Waals surface area contributed by atoms with Crippen molar-refractivity contribution in [3.8, 4) is 0 Å². The Morgan fingerprint density at radius 2 is 2.15 bits per heavy atom. The van der Waals surface area contributed by atoms with E-state index in [4.69, 9.17) is 0 Å². The van der Waals surface area contributed by atoms with Crippen LogP contribution in [0.4, 0.5) is 0 Å². The lowest BCUT2D eigenvalue weighted by Gasteiger charge is -2.02. The second kappa shape index (κ2) is 3.17. The van der Waals surface area contributed by atoms with Gasteiger partial charge in [-0.25, -0.2) is 0 Å². The van der Waals surface area contributed by atoms with Gasteiger partial charge >= 0.3 is 0 Å². The fourth-order valence-electron chi connectivity index (χ4n) is 1.55. The Balaban J connectivity index is 2.77. The molecule has 0 aliphatic heterocycles. The maximum absolute atomic E-state index is 4.46. The van der Waals surface area contributed by atoms with Crippen LogP contribution >= 0.6 is 0 Å². The van der Waals surface area contributed by atoms with Gasteiger partial charge in [0.15, 0.2) is 0 Å². The molecule has 1 aromatic heterocycles. The molecule has 1 aromatic carbocycles. The summed E-state index contributed by atoms with van der Waals surface area (Å²) in [7, 11) is 0. The normalized spacial score (nSPS) is 10.6. The highest BCUT2D eigenvalue weighted by Gasteiger charge is 1.99. The quantitative estimate of drug-likeness (QED) is 0.641. The molecule has 0 N–H and O–H groups in total. The highest BCUT2D eigenvalue weighted by molar-refractivity contribution is 5.82. The number of aryl methyl sites for hydroxylation is 2. The minimum Gasteiger partial charge on any atom is -0.253 e. The van der Waals surface area contributed by atoms with Crippen molar-refractivity contribution < 1.29 is 0 Å². The van der Waals surface area contributed by atoms with Gasteiger partial charge in [-0.05, 0) is 37.1 Å². The van der Waals surface area contributed by atoms with E-state index in [-0.39, 0.29) is 0 Å². The highest BCUT2D eigenvalue weighted by Crippen LogP contribution is 2.17. The van der Waals surface area contributed by atoms with E-state index in [0.29, 0.717) is 0 Å². The standard InChI is InChI=1S/C12H12N/c1-3-10-5-4-6-12-11(10)8-7-9(2)13-12/h4,6-8H,3H2,1-2H3. The van der Waals surface area contributed by atoms with Crippen molar-refractivity contribution in [2.75, 3.05) is 0 Å². The van der Waals surface area contributed by atoms with Gasteiger partial charge in [-0.2, -0.15) is 0 Å². The van der Waals surface area contributed by atoms with Crippen LogP contribution in [0.2, 0.25) is 0 Å². The molecule has 0 aliphatic carbocycles. The zero-order valence-electron chi connectivity index (χ0n) is 7.96. The predicted octanol–water partition coefficient (Wildman–Crippen LogP) is 2.91. The number of fused-ring (bicyclic) bond motifs is 1. The zero-order chi connectivity index (χ0) is 9.26. The van der Waals surface area contributed by atoms with Gasteiger partial charge in [-0.1, -0.05) is 19.1 Å². The topological polar surface area (TPSA) is 12.9 Å². The molecule has 1 heteroatoms. The van der Waals surface area contributed by atoms with Crippen molar-refractivity contribution in [1.82, 2.24) is 4.98 Å². The molecule has 1 nitrogen and oxygen atoms in total. The Morgan fingerprint density at radius 3 is 2.92 bits per heavy atom. The maximum atomic E-state index is 4.46. The van der Waals surface area contributed by atoms with Crippen molar-refractivity contribution >= 4 is 10.9 Å². The monoisotopic (exact) mass is 170 g/mol. The van der Waals surface area contributed by atoms with Crippen molar-refractivity contribution in [3.63, 3.8) is 0 Å². The van der Waals surface area contributed by atoms with Gasteiger partial charge in [-0.3, -0.25) is 4.98 Å². The van der Waals surface area contributed by atoms with Crippen LogP contribution in [-0.2, 0) is 6.42 Å². The third-order valence-electron chi connectivity index (χ3n) is 2.24. The Bertz CT molecular complexity index is 432. The van der Waals surface area contributed by atoms with Crippen LogP contribution in [0.3, 0.4) is 0 Å². The van der Waals surface area contributed by atoms with Crippen molar-refractivity contribution in [3.05, 3.63) is 41.6 Å². The molecule has 0 bridgehead atoms. The summed E-state index contributed by atoms with van der Waals surface area (Å²) >= 11 is 0. The van der Waals surface area contributed by atoms with E-state index in [1.807, 2.05) is 19.1 Å². The summed E-state index contributed by atoms with van der Waals surface area (Å²) in [5.41, 5.74) is 3.40. The van der Waals surface area contributed by atoms with Crippen molar-refractivity contribution in [2.45, 2.75) is 20.3 Å². The van der Waals surface area contributed by atoms with Crippen LogP contribution in [0.5, 0.6) is 0 Å². The van der Waals surface area contributed by atoms with Crippen LogP contribution in [-0.4, -0.2) is 4.98 Å². The molecule has 0 saturated heterocycles.